The monoisotopic (exact) mass is 384 g/mol. The summed E-state index contributed by atoms with van der Waals surface area (Å²) < 4.78 is 0. The van der Waals surface area contributed by atoms with E-state index in [0.717, 1.165) is 11.1 Å². The van der Waals surface area contributed by atoms with E-state index in [4.69, 9.17) is 5.26 Å². The number of carbonyl (C=O) groups is 2. The van der Waals surface area contributed by atoms with Crippen LogP contribution >= 0.6 is 0 Å². The highest BCUT2D eigenvalue weighted by Gasteiger charge is 2.27. The molecule has 3 aromatic rings. The van der Waals surface area contributed by atoms with Gasteiger partial charge < -0.3 is 10.4 Å². The lowest BCUT2D eigenvalue weighted by Gasteiger charge is -2.21. The van der Waals surface area contributed by atoms with E-state index in [9.17, 15) is 14.7 Å². The molecule has 5 heteroatoms. The zero-order valence-corrected chi connectivity index (χ0v) is 15.7. The van der Waals surface area contributed by atoms with Crippen molar-refractivity contribution in [1.82, 2.24) is 5.32 Å². The number of carboxylic acids is 1. The van der Waals surface area contributed by atoms with Crippen LogP contribution in [0.4, 0.5) is 0 Å². The number of rotatable bonds is 7. The molecule has 0 aliphatic carbocycles. The summed E-state index contributed by atoms with van der Waals surface area (Å²) in [6.07, 6.45) is 0.0902. The van der Waals surface area contributed by atoms with Crippen molar-refractivity contribution in [1.29, 1.82) is 5.26 Å². The van der Waals surface area contributed by atoms with E-state index >= 15 is 0 Å². The maximum Gasteiger partial charge on any atom is 0.326 e. The van der Waals surface area contributed by atoms with E-state index < -0.39 is 17.9 Å². The third-order valence-corrected chi connectivity index (χ3v) is 4.64. The highest BCUT2D eigenvalue weighted by Crippen LogP contribution is 2.25. The second-order valence-electron chi connectivity index (χ2n) is 6.67. The lowest BCUT2D eigenvalue weighted by Crippen LogP contribution is -2.44. The van der Waals surface area contributed by atoms with Gasteiger partial charge in [-0.05, 0) is 28.8 Å². The van der Waals surface area contributed by atoms with Crippen molar-refractivity contribution < 1.29 is 14.7 Å². The second-order valence-corrected chi connectivity index (χ2v) is 6.67. The Morgan fingerprint density at radius 1 is 0.897 bits per heavy atom. The Kier molecular flexibility index (Phi) is 6.39. The van der Waals surface area contributed by atoms with Crippen LogP contribution in [-0.4, -0.2) is 23.0 Å². The minimum Gasteiger partial charge on any atom is -0.480 e. The molecule has 0 saturated carbocycles. The maximum absolute atomic E-state index is 13.1. The molecule has 144 valence electrons. The van der Waals surface area contributed by atoms with Crippen LogP contribution in [-0.2, 0) is 16.0 Å². The molecule has 0 fully saturated rings. The molecule has 0 bridgehead atoms. The van der Waals surface area contributed by atoms with E-state index in [1.165, 1.54) is 0 Å². The van der Waals surface area contributed by atoms with Gasteiger partial charge in [-0.15, -0.1) is 0 Å². The number of aliphatic carboxylic acids is 1. The molecule has 0 aromatic heterocycles. The fourth-order valence-electron chi connectivity index (χ4n) is 3.24. The smallest absolute Gasteiger partial charge is 0.326 e. The van der Waals surface area contributed by atoms with Crippen molar-refractivity contribution in [3.05, 3.63) is 107 Å². The topological polar surface area (TPSA) is 90.2 Å². The Bertz CT molecular complexity index is 987. The predicted octanol–water partition coefficient (Wildman–Crippen LogP) is 3.50. The number of benzene rings is 3. The first kappa shape index (κ1) is 19.8. The summed E-state index contributed by atoms with van der Waals surface area (Å²) in [4.78, 5) is 25.0. The summed E-state index contributed by atoms with van der Waals surface area (Å²) in [6, 6.07) is 26.2. The third-order valence-electron chi connectivity index (χ3n) is 4.64. The van der Waals surface area contributed by atoms with E-state index in [0.29, 0.717) is 11.1 Å². The normalized spacial score (nSPS) is 11.4. The molecule has 0 saturated heterocycles. The van der Waals surface area contributed by atoms with Crippen LogP contribution in [0.1, 0.15) is 28.2 Å². The van der Waals surface area contributed by atoms with Crippen LogP contribution in [0.5, 0.6) is 0 Å². The molecular weight excluding hydrogens is 364 g/mol. The molecule has 3 rings (SSSR count). The summed E-state index contributed by atoms with van der Waals surface area (Å²) in [7, 11) is 0. The first-order chi connectivity index (χ1) is 14.1. The summed E-state index contributed by atoms with van der Waals surface area (Å²) >= 11 is 0. The number of nitrogens with zero attached hydrogens (tertiary/aromatic N) is 1. The first-order valence-corrected chi connectivity index (χ1v) is 9.20. The Morgan fingerprint density at radius 3 is 2.00 bits per heavy atom. The van der Waals surface area contributed by atoms with Crippen LogP contribution in [0.3, 0.4) is 0 Å². The zero-order chi connectivity index (χ0) is 20.6. The molecule has 0 heterocycles. The molecule has 29 heavy (non-hydrogen) atoms. The van der Waals surface area contributed by atoms with E-state index in [1.807, 2.05) is 66.7 Å². The largest absolute Gasteiger partial charge is 0.480 e. The lowest BCUT2D eigenvalue weighted by atomic mass is 9.90. The summed E-state index contributed by atoms with van der Waals surface area (Å²) in [5.74, 6) is -2.13. The SMILES string of the molecule is N#Cc1cccc(C[C@@H](NC(=O)C(c2ccccc2)c2ccccc2)C(=O)O)c1. The Morgan fingerprint density at radius 2 is 1.48 bits per heavy atom. The summed E-state index contributed by atoms with van der Waals surface area (Å²) in [5, 5.41) is 21.4. The average molecular weight is 384 g/mol. The number of nitriles is 1. The van der Waals surface area contributed by atoms with Crippen molar-refractivity contribution in [2.75, 3.05) is 0 Å². The Hall–Kier alpha value is -3.91. The third kappa shape index (κ3) is 5.08. The van der Waals surface area contributed by atoms with Crippen molar-refractivity contribution in [3.8, 4) is 6.07 Å². The number of nitrogens with one attached hydrogen (secondary N) is 1. The molecule has 3 aromatic carbocycles. The van der Waals surface area contributed by atoms with Crippen molar-refractivity contribution >= 4 is 11.9 Å². The number of carbonyl (C=O) groups excluding carboxylic acids is 1. The van der Waals surface area contributed by atoms with Gasteiger partial charge in [-0.2, -0.15) is 5.26 Å². The van der Waals surface area contributed by atoms with Gasteiger partial charge in [0.2, 0.25) is 5.91 Å². The fourth-order valence-corrected chi connectivity index (χ4v) is 3.24. The minimum absolute atomic E-state index is 0.0902. The summed E-state index contributed by atoms with van der Waals surface area (Å²) in [5.41, 5.74) is 2.69. The lowest BCUT2D eigenvalue weighted by molar-refractivity contribution is -0.141. The van der Waals surface area contributed by atoms with Gasteiger partial charge in [-0.1, -0.05) is 72.8 Å². The van der Waals surface area contributed by atoms with Crippen LogP contribution in [0.25, 0.3) is 0 Å². The Labute approximate surface area is 169 Å². The zero-order valence-electron chi connectivity index (χ0n) is 15.7. The number of hydrogen-bond donors (Lipinski definition) is 2. The van der Waals surface area contributed by atoms with Gasteiger partial charge in [-0.25, -0.2) is 4.79 Å². The highest BCUT2D eigenvalue weighted by molar-refractivity contribution is 5.90. The summed E-state index contributed by atoms with van der Waals surface area (Å²) in [6.45, 7) is 0. The quantitative estimate of drug-likeness (QED) is 0.652. The molecule has 2 N–H and O–H groups in total. The van der Waals surface area contributed by atoms with Gasteiger partial charge in [0.25, 0.3) is 0 Å². The van der Waals surface area contributed by atoms with Gasteiger partial charge in [0, 0.05) is 6.42 Å². The van der Waals surface area contributed by atoms with E-state index in [2.05, 4.69) is 5.32 Å². The van der Waals surface area contributed by atoms with E-state index in [1.54, 1.807) is 24.3 Å². The molecular formula is C24H20N2O3. The first-order valence-electron chi connectivity index (χ1n) is 9.20. The van der Waals surface area contributed by atoms with Crippen molar-refractivity contribution in [2.24, 2.45) is 0 Å². The second kappa shape index (κ2) is 9.34. The van der Waals surface area contributed by atoms with Crippen LogP contribution in [0, 0.1) is 11.3 Å². The van der Waals surface area contributed by atoms with Crippen molar-refractivity contribution in [3.63, 3.8) is 0 Å². The Balaban J connectivity index is 1.86. The van der Waals surface area contributed by atoms with Crippen LogP contribution in [0.15, 0.2) is 84.9 Å². The molecule has 1 atom stereocenters. The highest BCUT2D eigenvalue weighted by atomic mass is 16.4. The van der Waals surface area contributed by atoms with Gasteiger partial charge in [0.05, 0.1) is 17.6 Å². The number of amides is 1. The number of carboxylic acid groups (broad SMARTS) is 1. The van der Waals surface area contributed by atoms with Gasteiger partial charge in [-0.3, -0.25) is 4.79 Å². The standard InChI is InChI=1S/C24H20N2O3/c25-16-18-9-7-8-17(14-18)15-21(24(28)29)26-23(27)22(19-10-3-1-4-11-19)20-12-5-2-6-13-20/h1-14,21-22H,15H2,(H,26,27)(H,28,29)/t21-/m1/s1. The predicted molar refractivity (Wildman–Crippen MR) is 109 cm³/mol. The number of hydrogen-bond acceptors (Lipinski definition) is 3. The molecule has 1 amide bonds. The van der Waals surface area contributed by atoms with E-state index in [-0.39, 0.29) is 12.3 Å². The molecule has 0 spiro atoms. The molecule has 0 unspecified atom stereocenters. The van der Waals surface area contributed by atoms with Crippen LogP contribution < -0.4 is 5.32 Å². The molecule has 0 aliphatic heterocycles. The van der Waals surface area contributed by atoms with Gasteiger partial charge in [0.15, 0.2) is 0 Å². The minimum atomic E-state index is -1.12. The fraction of sp³-hybridized carbons (Fsp3) is 0.125. The molecule has 0 aliphatic rings. The average Bonchev–Trinajstić information content (AvgIpc) is 2.75. The van der Waals surface area contributed by atoms with Crippen molar-refractivity contribution in [2.45, 2.75) is 18.4 Å². The molecule has 5 nitrogen and oxygen atoms in total. The van der Waals surface area contributed by atoms with Gasteiger partial charge in [0.1, 0.15) is 6.04 Å². The van der Waals surface area contributed by atoms with Gasteiger partial charge >= 0.3 is 5.97 Å². The maximum atomic E-state index is 13.1. The van der Waals surface area contributed by atoms with Crippen LogP contribution in [0.2, 0.25) is 0 Å². The molecule has 0 radical (unpaired) electrons.